The van der Waals surface area contributed by atoms with Crippen molar-refractivity contribution in [3.8, 4) is 22.9 Å². The van der Waals surface area contributed by atoms with Crippen molar-refractivity contribution < 1.29 is 0 Å². The Balaban J connectivity index is 1.38. The predicted molar refractivity (Wildman–Crippen MR) is 140 cm³/mol. The molecule has 1 aromatic carbocycles. The number of hydrogen-bond acceptors (Lipinski definition) is 6. The number of nitrogens with two attached hydrogens (primary N) is 1. The van der Waals surface area contributed by atoms with Crippen molar-refractivity contribution >= 4 is 17.0 Å². The Labute approximate surface area is 209 Å². The van der Waals surface area contributed by atoms with Gasteiger partial charge in [-0.3, -0.25) is 9.47 Å². The first-order valence-corrected chi connectivity index (χ1v) is 12.6. The summed E-state index contributed by atoms with van der Waals surface area (Å²) in [5.41, 5.74) is 12.5. The Morgan fingerprint density at radius 3 is 2.75 bits per heavy atom. The van der Waals surface area contributed by atoms with Crippen LogP contribution in [-0.4, -0.2) is 47.8 Å². The zero-order valence-electron chi connectivity index (χ0n) is 20.2. The Morgan fingerprint density at radius 1 is 1.03 bits per heavy atom. The number of anilines is 1. The third-order valence-corrected chi connectivity index (χ3v) is 7.51. The summed E-state index contributed by atoms with van der Waals surface area (Å²) < 4.78 is 3.87. The van der Waals surface area contributed by atoms with E-state index in [1.807, 2.05) is 36.5 Å². The Hall–Kier alpha value is -4.04. The third-order valence-electron chi connectivity index (χ3n) is 7.51. The standard InChI is InChI=1S/C28H28N8/c1-34(17-18-5-6-18)24-11-7-19-16-20(8-9-21(19)24)36-27(22-4-2-13-30-26(22)29)32-23-10-12-25(33-28(23)36)35-15-3-14-31-35/h2-4,8-10,12-16,18,24H,5-7,11,17H2,1H3,(H2,29,30)/t24-/m0/s1. The van der Waals surface area contributed by atoms with Gasteiger partial charge in [0, 0.05) is 36.9 Å². The minimum absolute atomic E-state index is 0.448. The van der Waals surface area contributed by atoms with Gasteiger partial charge in [0.15, 0.2) is 17.3 Å². The van der Waals surface area contributed by atoms with E-state index in [1.54, 1.807) is 17.1 Å². The van der Waals surface area contributed by atoms with Gasteiger partial charge in [0.05, 0.1) is 5.56 Å². The quantitative estimate of drug-likeness (QED) is 0.386. The van der Waals surface area contributed by atoms with Gasteiger partial charge in [-0.1, -0.05) is 6.07 Å². The summed E-state index contributed by atoms with van der Waals surface area (Å²) >= 11 is 0. The van der Waals surface area contributed by atoms with Crippen molar-refractivity contribution in [3.05, 3.63) is 78.2 Å². The van der Waals surface area contributed by atoms with E-state index in [-0.39, 0.29) is 0 Å². The highest BCUT2D eigenvalue weighted by molar-refractivity contribution is 5.83. The van der Waals surface area contributed by atoms with Gasteiger partial charge in [-0.2, -0.15) is 5.10 Å². The summed E-state index contributed by atoms with van der Waals surface area (Å²) in [6, 6.07) is 17.0. The number of rotatable bonds is 6. The zero-order chi connectivity index (χ0) is 24.2. The maximum atomic E-state index is 6.31. The summed E-state index contributed by atoms with van der Waals surface area (Å²) in [7, 11) is 2.28. The van der Waals surface area contributed by atoms with E-state index < -0.39 is 0 Å². The molecule has 0 aliphatic heterocycles. The maximum Gasteiger partial charge on any atom is 0.167 e. The van der Waals surface area contributed by atoms with E-state index >= 15 is 0 Å². The molecule has 0 radical (unpaired) electrons. The Kier molecular flexibility index (Phi) is 4.89. The lowest BCUT2D eigenvalue weighted by molar-refractivity contribution is 0.235. The molecule has 0 unspecified atom stereocenters. The monoisotopic (exact) mass is 476 g/mol. The molecule has 2 aliphatic carbocycles. The van der Waals surface area contributed by atoms with E-state index in [0.717, 1.165) is 52.8 Å². The lowest BCUT2D eigenvalue weighted by Gasteiger charge is -2.25. The molecule has 0 bridgehead atoms. The van der Waals surface area contributed by atoms with Crippen LogP contribution in [0.1, 0.15) is 36.4 Å². The van der Waals surface area contributed by atoms with E-state index in [9.17, 15) is 0 Å². The maximum absolute atomic E-state index is 6.31. The van der Waals surface area contributed by atoms with Crippen LogP contribution in [0.4, 0.5) is 5.82 Å². The highest BCUT2D eigenvalue weighted by Crippen LogP contribution is 2.40. The topological polar surface area (TPSA) is 90.7 Å². The second-order valence-electron chi connectivity index (χ2n) is 9.99. The molecule has 0 spiro atoms. The number of fused-ring (bicyclic) bond motifs is 2. The van der Waals surface area contributed by atoms with Gasteiger partial charge in [0.2, 0.25) is 0 Å². The minimum atomic E-state index is 0.448. The molecule has 36 heavy (non-hydrogen) atoms. The molecule has 0 amide bonds. The van der Waals surface area contributed by atoms with Crippen LogP contribution in [0.2, 0.25) is 0 Å². The number of hydrogen-bond donors (Lipinski definition) is 1. The molecule has 1 atom stereocenters. The third kappa shape index (κ3) is 3.56. The van der Waals surface area contributed by atoms with Crippen molar-refractivity contribution in [1.29, 1.82) is 0 Å². The predicted octanol–water partition coefficient (Wildman–Crippen LogP) is 4.58. The van der Waals surface area contributed by atoms with Crippen LogP contribution >= 0.6 is 0 Å². The fraction of sp³-hybridized carbons (Fsp3) is 0.286. The summed E-state index contributed by atoms with van der Waals surface area (Å²) in [5, 5.41) is 4.36. The van der Waals surface area contributed by atoms with Gasteiger partial charge in [0.25, 0.3) is 0 Å². The van der Waals surface area contributed by atoms with Crippen LogP contribution in [-0.2, 0) is 6.42 Å². The number of aromatic nitrogens is 6. The molecule has 2 N–H and O–H groups in total. The van der Waals surface area contributed by atoms with Gasteiger partial charge in [0.1, 0.15) is 11.3 Å². The smallest absolute Gasteiger partial charge is 0.167 e. The van der Waals surface area contributed by atoms with Crippen LogP contribution in [0.5, 0.6) is 0 Å². The normalized spacial score (nSPS) is 17.2. The molecule has 1 saturated carbocycles. The molecule has 180 valence electrons. The van der Waals surface area contributed by atoms with Gasteiger partial charge in [-0.25, -0.2) is 19.6 Å². The molecular weight excluding hydrogens is 448 g/mol. The number of aryl methyl sites for hydroxylation is 1. The molecule has 7 rings (SSSR count). The Morgan fingerprint density at radius 2 is 1.94 bits per heavy atom. The molecule has 4 aromatic heterocycles. The van der Waals surface area contributed by atoms with Crippen LogP contribution < -0.4 is 5.73 Å². The largest absolute Gasteiger partial charge is 0.383 e. The number of imidazole rings is 1. The summed E-state index contributed by atoms with van der Waals surface area (Å²) in [6.45, 7) is 1.20. The second-order valence-corrected chi connectivity index (χ2v) is 9.99. The van der Waals surface area contributed by atoms with Crippen LogP contribution in [0, 0.1) is 5.92 Å². The van der Waals surface area contributed by atoms with Crippen LogP contribution in [0.25, 0.3) is 34.1 Å². The summed E-state index contributed by atoms with van der Waals surface area (Å²) in [4.78, 5) is 16.8. The SMILES string of the molecule is CN(CC1CC1)[C@H]1CCc2cc(-n3c(-c4cccnc4N)nc4ccc(-n5cccn5)nc43)ccc21. The van der Waals surface area contributed by atoms with Gasteiger partial charge >= 0.3 is 0 Å². The first kappa shape index (κ1) is 21.3. The molecule has 0 saturated heterocycles. The number of benzene rings is 1. The van der Waals surface area contributed by atoms with Crippen molar-refractivity contribution in [1.82, 2.24) is 34.2 Å². The molecular formula is C28H28N8. The van der Waals surface area contributed by atoms with Crippen molar-refractivity contribution in [2.24, 2.45) is 5.92 Å². The molecule has 2 aliphatic rings. The number of nitrogens with zero attached hydrogens (tertiary/aromatic N) is 7. The Bertz CT molecular complexity index is 1560. The molecule has 8 nitrogen and oxygen atoms in total. The van der Waals surface area contributed by atoms with E-state index in [0.29, 0.717) is 11.9 Å². The first-order chi connectivity index (χ1) is 17.7. The van der Waals surface area contributed by atoms with Crippen molar-refractivity contribution in [3.63, 3.8) is 0 Å². The van der Waals surface area contributed by atoms with Crippen molar-refractivity contribution in [2.45, 2.75) is 31.7 Å². The summed E-state index contributed by atoms with van der Waals surface area (Å²) in [5.74, 6) is 2.81. The van der Waals surface area contributed by atoms with Crippen molar-refractivity contribution in [2.75, 3.05) is 19.3 Å². The lowest BCUT2D eigenvalue weighted by Crippen LogP contribution is -2.25. The molecule has 8 heteroatoms. The van der Waals surface area contributed by atoms with E-state index in [2.05, 4.69) is 44.8 Å². The highest BCUT2D eigenvalue weighted by atomic mass is 15.3. The molecule has 1 fully saturated rings. The number of nitrogen functional groups attached to an aromatic ring is 1. The number of pyridine rings is 2. The van der Waals surface area contributed by atoms with Crippen LogP contribution in [0.15, 0.2) is 67.1 Å². The molecule has 5 aromatic rings. The zero-order valence-corrected chi connectivity index (χ0v) is 20.2. The average Bonchev–Trinajstić information content (AvgIpc) is 3.28. The highest BCUT2D eigenvalue weighted by Gasteiger charge is 2.31. The van der Waals surface area contributed by atoms with Gasteiger partial charge < -0.3 is 5.73 Å². The van der Waals surface area contributed by atoms with E-state index in [1.165, 1.54) is 30.5 Å². The van der Waals surface area contributed by atoms with Gasteiger partial charge in [-0.15, -0.1) is 0 Å². The molecule has 4 heterocycles. The van der Waals surface area contributed by atoms with Crippen LogP contribution in [0.3, 0.4) is 0 Å². The summed E-state index contributed by atoms with van der Waals surface area (Å²) in [6.07, 6.45) is 10.3. The minimum Gasteiger partial charge on any atom is -0.383 e. The fourth-order valence-electron chi connectivity index (χ4n) is 5.52. The van der Waals surface area contributed by atoms with E-state index in [4.69, 9.17) is 15.7 Å². The van der Waals surface area contributed by atoms with Gasteiger partial charge in [-0.05, 0) is 92.2 Å². The fourth-order valence-corrected chi connectivity index (χ4v) is 5.52. The first-order valence-electron chi connectivity index (χ1n) is 12.6. The average molecular weight is 477 g/mol. The lowest BCUT2D eigenvalue weighted by atomic mass is 10.1. The second kappa shape index (κ2) is 8.27.